The van der Waals surface area contributed by atoms with E-state index < -0.39 is 0 Å². The Hall–Kier alpha value is -2.10. The zero-order valence-corrected chi connectivity index (χ0v) is 15.1. The van der Waals surface area contributed by atoms with E-state index in [1.807, 2.05) is 0 Å². The number of rotatable bonds is 12. The van der Waals surface area contributed by atoms with Gasteiger partial charge < -0.3 is 5.11 Å². The highest BCUT2D eigenvalue weighted by Gasteiger charge is 2.09. The zero-order valence-electron chi connectivity index (χ0n) is 15.1. The number of unbranched alkanes of at least 4 members (excludes halogenated alkanes) is 8. The molecule has 4 heteroatoms. The fourth-order valence-electron chi connectivity index (χ4n) is 3.08. The van der Waals surface area contributed by atoms with Crippen LogP contribution >= 0.6 is 0 Å². The lowest BCUT2D eigenvalue weighted by Gasteiger charge is -2.04. The maximum Gasteiger partial charge on any atom is 0.250 e. The molecule has 0 radical (unpaired) electrons. The van der Waals surface area contributed by atoms with Crippen molar-refractivity contribution in [3.05, 3.63) is 48.2 Å². The Kier molecular flexibility index (Phi) is 8.81. The Morgan fingerprint density at radius 2 is 1.44 bits per heavy atom. The van der Waals surface area contributed by atoms with E-state index in [4.69, 9.17) is 0 Å². The van der Waals surface area contributed by atoms with E-state index in [2.05, 4.69) is 35.4 Å². The molecule has 0 saturated carbocycles. The van der Waals surface area contributed by atoms with Gasteiger partial charge in [0.05, 0.1) is 6.20 Å². The standard InChI is InChI=1S/C21H30N2O2/c24-20(23-21(25)17-18-22-23)16-12-7-5-3-1-2-4-6-9-13-19-14-10-8-11-15-19/h8,10-11,14-15,17-18,25H,1-7,9,12-13,16H2. The van der Waals surface area contributed by atoms with Crippen LogP contribution in [-0.4, -0.2) is 20.8 Å². The van der Waals surface area contributed by atoms with Crippen molar-refractivity contribution in [1.29, 1.82) is 0 Å². The molecule has 0 fully saturated rings. The molecule has 0 unspecified atom stereocenters. The summed E-state index contributed by atoms with van der Waals surface area (Å²) in [5.41, 5.74) is 1.44. The molecule has 25 heavy (non-hydrogen) atoms. The summed E-state index contributed by atoms with van der Waals surface area (Å²) in [4.78, 5) is 11.8. The molecule has 1 aromatic carbocycles. The molecular weight excluding hydrogens is 312 g/mol. The molecule has 0 bridgehead atoms. The van der Waals surface area contributed by atoms with Gasteiger partial charge in [0.15, 0.2) is 0 Å². The van der Waals surface area contributed by atoms with Crippen LogP contribution in [0.25, 0.3) is 0 Å². The average molecular weight is 342 g/mol. The molecule has 1 heterocycles. The van der Waals surface area contributed by atoms with Gasteiger partial charge in [0.1, 0.15) is 0 Å². The topological polar surface area (TPSA) is 55.1 Å². The Balaban J connectivity index is 1.38. The highest BCUT2D eigenvalue weighted by Crippen LogP contribution is 2.13. The summed E-state index contributed by atoms with van der Waals surface area (Å²) >= 11 is 0. The maximum absolute atomic E-state index is 11.8. The summed E-state index contributed by atoms with van der Waals surface area (Å²) in [7, 11) is 0. The molecule has 2 rings (SSSR count). The molecule has 0 spiro atoms. The van der Waals surface area contributed by atoms with Crippen LogP contribution in [-0.2, 0) is 6.42 Å². The minimum absolute atomic E-state index is 0.0720. The fourth-order valence-corrected chi connectivity index (χ4v) is 3.08. The quantitative estimate of drug-likeness (QED) is 0.527. The predicted octanol–water partition coefficient (Wildman–Crippen LogP) is 5.37. The Morgan fingerprint density at radius 1 is 0.840 bits per heavy atom. The number of aromatic nitrogens is 2. The largest absolute Gasteiger partial charge is 0.493 e. The first-order valence-electron chi connectivity index (χ1n) is 9.57. The van der Waals surface area contributed by atoms with E-state index in [1.165, 1.54) is 69.2 Å². The van der Waals surface area contributed by atoms with Crippen molar-refractivity contribution in [3.63, 3.8) is 0 Å². The number of hydrogen-bond acceptors (Lipinski definition) is 3. The molecule has 0 aliphatic carbocycles. The Bertz CT molecular complexity index is 607. The van der Waals surface area contributed by atoms with Gasteiger partial charge in [-0.2, -0.15) is 9.78 Å². The molecule has 0 aliphatic heterocycles. The lowest BCUT2D eigenvalue weighted by molar-refractivity contribution is 0.0872. The molecule has 0 aliphatic rings. The van der Waals surface area contributed by atoms with Crippen molar-refractivity contribution in [2.24, 2.45) is 0 Å². The van der Waals surface area contributed by atoms with E-state index >= 15 is 0 Å². The number of carbonyl (C=O) groups excluding carboxylic acids is 1. The van der Waals surface area contributed by atoms with Crippen molar-refractivity contribution in [2.75, 3.05) is 0 Å². The Morgan fingerprint density at radius 3 is 2.04 bits per heavy atom. The molecular formula is C21H30N2O2. The molecule has 0 amide bonds. The van der Waals surface area contributed by atoms with Crippen molar-refractivity contribution in [2.45, 2.75) is 70.6 Å². The minimum atomic E-state index is -0.124. The van der Waals surface area contributed by atoms with Gasteiger partial charge in [-0.25, -0.2) is 0 Å². The van der Waals surface area contributed by atoms with Crippen LogP contribution in [0.2, 0.25) is 0 Å². The van der Waals surface area contributed by atoms with Crippen LogP contribution in [0.15, 0.2) is 42.6 Å². The highest BCUT2D eigenvalue weighted by atomic mass is 16.3. The third-order valence-corrected chi connectivity index (χ3v) is 4.56. The number of hydrogen-bond donors (Lipinski definition) is 1. The maximum atomic E-state index is 11.8. The second-order valence-corrected chi connectivity index (χ2v) is 6.66. The molecule has 136 valence electrons. The van der Waals surface area contributed by atoms with Crippen LogP contribution in [0.4, 0.5) is 0 Å². The number of nitrogens with zero attached hydrogens (tertiary/aromatic N) is 2. The van der Waals surface area contributed by atoms with Crippen LogP contribution < -0.4 is 0 Å². The lowest BCUT2D eigenvalue weighted by atomic mass is 10.0. The SMILES string of the molecule is O=C(CCCCCCCCCCCc1ccccc1)n1nccc1O. The second-order valence-electron chi connectivity index (χ2n) is 6.66. The third-order valence-electron chi connectivity index (χ3n) is 4.56. The molecule has 1 N–H and O–H groups in total. The van der Waals surface area contributed by atoms with Crippen LogP contribution in [0, 0.1) is 0 Å². The summed E-state index contributed by atoms with van der Waals surface area (Å²) in [5.74, 6) is -0.196. The lowest BCUT2D eigenvalue weighted by Crippen LogP contribution is -2.11. The first kappa shape index (κ1) is 19.2. The fraction of sp³-hybridized carbons (Fsp3) is 0.524. The molecule has 4 nitrogen and oxygen atoms in total. The summed E-state index contributed by atoms with van der Waals surface area (Å²) in [6, 6.07) is 12.1. The van der Waals surface area contributed by atoms with Gasteiger partial charge in [-0.1, -0.05) is 75.3 Å². The van der Waals surface area contributed by atoms with Gasteiger partial charge in [0, 0.05) is 12.5 Å². The van der Waals surface area contributed by atoms with Crippen LogP contribution in [0.5, 0.6) is 5.88 Å². The average Bonchev–Trinajstić information content (AvgIpc) is 3.06. The molecule has 2 aromatic rings. The monoisotopic (exact) mass is 342 g/mol. The highest BCUT2D eigenvalue weighted by molar-refractivity contribution is 5.79. The summed E-state index contributed by atoms with van der Waals surface area (Å²) in [5, 5.41) is 13.2. The first-order valence-corrected chi connectivity index (χ1v) is 9.57. The minimum Gasteiger partial charge on any atom is -0.493 e. The predicted molar refractivity (Wildman–Crippen MR) is 101 cm³/mol. The van der Waals surface area contributed by atoms with Crippen molar-refractivity contribution < 1.29 is 9.90 Å². The normalized spacial score (nSPS) is 10.9. The molecule has 0 saturated heterocycles. The van der Waals surface area contributed by atoms with Crippen LogP contribution in [0.1, 0.15) is 74.6 Å². The van der Waals surface area contributed by atoms with E-state index in [1.54, 1.807) is 0 Å². The van der Waals surface area contributed by atoms with Gasteiger partial charge >= 0.3 is 0 Å². The summed E-state index contributed by atoms with van der Waals surface area (Å²) in [6.07, 6.45) is 14.0. The van der Waals surface area contributed by atoms with Gasteiger partial charge in [-0.05, 0) is 24.8 Å². The van der Waals surface area contributed by atoms with Crippen molar-refractivity contribution in [1.82, 2.24) is 9.78 Å². The third kappa shape index (κ3) is 7.55. The van der Waals surface area contributed by atoms with Gasteiger partial charge in [-0.15, -0.1) is 0 Å². The summed E-state index contributed by atoms with van der Waals surface area (Å²) in [6.45, 7) is 0. The Labute approximate surface area is 150 Å². The number of aryl methyl sites for hydroxylation is 1. The zero-order chi connectivity index (χ0) is 17.7. The molecule has 1 aromatic heterocycles. The number of carbonyl (C=O) groups is 1. The van der Waals surface area contributed by atoms with E-state index in [-0.39, 0.29) is 11.8 Å². The first-order chi connectivity index (χ1) is 12.3. The van der Waals surface area contributed by atoms with Crippen molar-refractivity contribution >= 4 is 5.91 Å². The van der Waals surface area contributed by atoms with Gasteiger partial charge in [0.25, 0.3) is 0 Å². The second kappa shape index (κ2) is 11.5. The van der Waals surface area contributed by atoms with Gasteiger partial charge in [0.2, 0.25) is 11.8 Å². The van der Waals surface area contributed by atoms with Crippen LogP contribution in [0.3, 0.4) is 0 Å². The molecule has 0 atom stereocenters. The summed E-state index contributed by atoms with van der Waals surface area (Å²) < 4.78 is 1.08. The van der Waals surface area contributed by atoms with Gasteiger partial charge in [-0.3, -0.25) is 4.79 Å². The number of aromatic hydroxyl groups is 1. The van der Waals surface area contributed by atoms with E-state index in [9.17, 15) is 9.90 Å². The smallest absolute Gasteiger partial charge is 0.250 e. The van der Waals surface area contributed by atoms with E-state index in [0.717, 1.165) is 17.5 Å². The van der Waals surface area contributed by atoms with E-state index in [0.29, 0.717) is 6.42 Å². The van der Waals surface area contributed by atoms with Crippen molar-refractivity contribution in [3.8, 4) is 5.88 Å². The number of benzene rings is 1.